The van der Waals surface area contributed by atoms with Crippen LogP contribution in [0.25, 0.3) is 0 Å². The van der Waals surface area contributed by atoms with Crippen LogP contribution in [-0.2, 0) is 11.4 Å². The molecular formula is C26H27ClN4O2S. The molecule has 0 amide bonds. The standard InChI is InChI=1S/C26H27ClN4O2S/c1-2-3-14-34-26-29-25-28-21-8-5-9-22(32)23(21)24(31(25)30-26)18-6-4-7-20(15-18)33-16-17-10-12-19(27)13-11-17/h4,6-7,10-13,15,24H,2-3,5,8-9,14,16H2,1H3,(H,28,29,30). The number of anilines is 1. The van der Waals surface area contributed by atoms with Crippen molar-refractivity contribution in [1.29, 1.82) is 0 Å². The van der Waals surface area contributed by atoms with E-state index in [2.05, 4.69) is 12.2 Å². The molecule has 0 saturated heterocycles. The first-order valence-electron chi connectivity index (χ1n) is 11.7. The zero-order valence-electron chi connectivity index (χ0n) is 19.1. The Bertz CT molecular complexity index is 1220. The van der Waals surface area contributed by atoms with Crippen molar-refractivity contribution in [3.63, 3.8) is 0 Å². The summed E-state index contributed by atoms with van der Waals surface area (Å²) in [5.74, 6) is 2.60. The van der Waals surface area contributed by atoms with E-state index in [9.17, 15) is 4.79 Å². The first kappa shape index (κ1) is 23.0. The van der Waals surface area contributed by atoms with Crippen molar-refractivity contribution in [3.8, 4) is 5.75 Å². The van der Waals surface area contributed by atoms with E-state index in [1.807, 2.05) is 53.2 Å². The van der Waals surface area contributed by atoms with E-state index in [1.54, 1.807) is 11.8 Å². The summed E-state index contributed by atoms with van der Waals surface area (Å²) >= 11 is 7.65. The van der Waals surface area contributed by atoms with Crippen molar-refractivity contribution < 1.29 is 9.53 Å². The SMILES string of the molecule is CCCCSc1nc2n(n1)C(c1cccc(OCc3ccc(Cl)cc3)c1)C1=C(CCCC1=O)N2. The van der Waals surface area contributed by atoms with Crippen molar-refractivity contribution in [2.75, 3.05) is 11.1 Å². The Kier molecular flexibility index (Phi) is 6.92. The molecule has 8 heteroatoms. The maximum Gasteiger partial charge on any atom is 0.227 e. The summed E-state index contributed by atoms with van der Waals surface area (Å²) in [6.07, 6.45) is 4.51. The van der Waals surface area contributed by atoms with Crippen LogP contribution in [0, 0.1) is 0 Å². The van der Waals surface area contributed by atoms with Gasteiger partial charge in [-0.2, -0.15) is 4.98 Å². The predicted molar refractivity (Wildman–Crippen MR) is 136 cm³/mol. The molecule has 1 N–H and O–H groups in total. The van der Waals surface area contributed by atoms with Crippen LogP contribution in [0.1, 0.15) is 56.2 Å². The number of thioether (sulfide) groups is 1. The lowest BCUT2D eigenvalue weighted by atomic mass is 9.85. The van der Waals surface area contributed by atoms with Crippen molar-refractivity contribution >= 4 is 35.1 Å². The van der Waals surface area contributed by atoms with Crippen LogP contribution in [-0.4, -0.2) is 26.3 Å². The molecule has 1 aromatic heterocycles. The molecule has 1 unspecified atom stereocenters. The average molecular weight is 495 g/mol. The fraction of sp³-hybridized carbons (Fsp3) is 0.346. The molecule has 1 aliphatic heterocycles. The molecule has 1 atom stereocenters. The molecule has 0 radical (unpaired) electrons. The highest BCUT2D eigenvalue weighted by molar-refractivity contribution is 7.99. The summed E-state index contributed by atoms with van der Waals surface area (Å²) in [4.78, 5) is 17.8. The number of Topliss-reactive ketones (excluding diaryl/α,β-unsaturated/α-hetero) is 1. The van der Waals surface area contributed by atoms with E-state index in [0.29, 0.717) is 24.0 Å². The number of ketones is 1. The van der Waals surface area contributed by atoms with E-state index in [1.165, 1.54) is 0 Å². The van der Waals surface area contributed by atoms with Gasteiger partial charge in [-0.1, -0.05) is 61.0 Å². The van der Waals surface area contributed by atoms with E-state index < -0.39 is 0 Å². The van der Waals surface area contributed by atoms with Gasteiger partial charge in [0.2, 0.25) is 11.1 Å². The van der Waals surface area contributed by atoms with Crippen LogP contribution in [0.15, 0.2) is 65.0 Å². The summed E-state index contributed by atoms with van der Waals surface area (Å²) in [7, 11) is 0. The van der Waals surface area contributed by atoms with Gasteiger partial charge in [-0.15, -0.1) is 5.10 Å². The monoisotopic (exact) mass is 494 g/mol. The molecule has 6 nitrogen and oxygen atoms in total. The van der Waals surface area contributed by atoms with Crippen LogP contribution in [0.2, 0.25) is 5.02 Å². The van der Waals surface area contributed by atoms with Gasteiger partial charge in [-0.3, -0.25) is 4.79 Å². The Balaban J connectivity index is 1.46. The number of hydrogen-bond acceptors (Lipinski definition) is 6. The van der Waals surface area contributed by atoms with Crippen molar-refractivity contribution in [2.24, 2.45) is 0 Å². The van der Waals surface area contributed by atoms with Crippen LogP contribution < -0.4 is 10.1 Å². The minimum atomic E-state index is -0.314. The Morgan fingerprint density at radius 1 is 1.21 bits per heavy atom. The van der Waals surface area contributed by atoms with Gasteiger partial charge in [-0.25, -0.2) is 4.68 Å². The number of carbonyl (C=O) groups is 1. The van der Waals surface area contributed by atoms with Gasteiger partial charge < -0.3 is 10.1 Å². The number of halogens is 1. The Morgan fingerprint density at radius 2 is 2.06 bits per heavy atom. The molecule has 34 heavy (non-hydrogen) atoms. The Hall–Kier alpha value is -2.77. The summed E-state index contributed by atoms with van der Waals surface area (Å²) in [6, 6.07) is 15.3. The van der Waals surface area contributed by atoms with Crippen LogP contribution in [0.5, 0.6) is 5.75 Å². The normalized spacial score (nSPS) is 17.2. The third-order valence-corrected chi connectivity index (χ3v) is 7.25. The second kappa shape index (κ2) is 10.2. The molecule has 2 aliphatic rings. The number of unbranched alkanes of at least 4 members (excludes halogenated alkanes) is 1. The molecular weight excluding hydrogens is 468 g/mol. The number of rotatable bonds is 8. The number of aromatic nitrogens is 3. The maximum atomic E-state index is 13.1. The smallest absolute Gasteiger partial charge is 0.227 e. The maximum absolute atomic E-state index is 13.1. The highest BCUT2D eigenvalue weighted by Crippen LogP contribution is 2.41. The van der Waals surface area contributed by atoms with Gasteiger partial charge in [-0.05, 0) is 54.7 Å². The zero-order valence-corrected chi connectivity index (χ0v) is 20.7. The number of ether oxygens (including phenoxy) is 1. The highest BCUT2D eigenvalue weighted by atomic mass is 35.5. The average Bonchev–Trinajstić information content (AvgIpc) is 3.25. The quantitative estimate of drug-likeness (QED) is 0.287. The van der Waals surface area contributed by atoms with Crippen LogP contribution >= 0.6 is 23.4 Å². The second-order valence-corrected chi connectivity index (χ2v) is 10.0. The van der Waals surface area contributed by atoms with Gasteiger partial charge >= 0.3 is 0 Å². The fourth-order valence-corrected chi connectivity index (χ4v) is 5.37. The van der Waals surface area contributed by atoms with Gasteiger partial charge in [0.15, 0.2) is 5.78 Å². The fourth-order valence-electron chi connectivity index (χ4n) is 4.34. The van der Waals surface area contributed by atoms with E-state index in [0.717, 1.165) is 64.7 Å². The van der Waals surface area contributed by atoms with Gasteiger partial charge in [0.1, 0.15) is 18.4 Å². The highest BCUT2D eigenvalue weighted by Gasteiger charge is 2.37. The molecule has 3 aromatic rings. The number of nitrogens with zero attached hydrogens (tertiary/aromatic N) is 3. The van der Waals surface area contributed by atoms with Crippen LogP contribution in [0.3, 0.4) is 0 Å². The van der Waals surface area contributed by atoms with Crippen molar-refractivity contribution in [1.82, 2.24) is 14.8 Å². The molecule has 2 heterocycles. The largest absolute Gasteiger partial charge is 0.489 e. The van der Waals surface area contributed by atoms with E-state index in [-0.39, 0.29) is 11.8 Å². The molecule has 0 fully saturated rings. The number of hydrogen-bond donors (Lipinski definition) is 1. The molecule has 5 rings (SSSR count). The number of benzene rings is 2. The third-order valence-electron chi connectivity index (χ3n) is 6.07. The number of allylic oxidation sites excluding steroid dienone is 2. The third kappa shape index (κ3) is 4.86. The van der Waals surface area contributed by atoms with Gasteiger partial charge in [0, 0.05) is 28.5 Å². The minimum absolute atomic E-state index is 0.174. The van der Waals surface area contributed by atoms with Gasteiger partial charge in [0.25, 0.3) is 0 Å². The van der Waals surface area contributed by atoms with Crippen molar-refractivity contribution in [3.05, 3.63) is 76.0 Å². The Labute approximate surface area is 208 Å². The molecule has 0 saturated carbocycles. The lowest BCUT2D eigenvalue weighted by molar-refractivity contribution is -0.116. The summed E-state index contributed by atoms with van der Waals surface area (Å²) in [5.41, 5.74) is 3.77. The first-order valence-corrected chi connectivity index (χ1v) is 13.1. The van der Waals surface area contributed by atoms with Crippen LogP contribution in [0.4, 0.5) is 5.95 Å². The molecule has 0 bridgehead atoms. The molecule has 176 valence electrons. The number of fused-ring (bicyclic) bond motifs is 1. The number of nitrogens with one attached hydrogen (secondary N) is 1. The predicted octanol–water partition coefficient (Wildman–Crippen LogP) is 6.42. The molecule has 2 aromatic carbocycles. The lowest BCUT2D eigenvalue weighted by Gasteiger charge is -2.32. The summed E-state index contributed by atoms with van der Waals surface area (Å²) in [6.45, 7) is 2.61. The second-order valence-electron chi connectivity index (χ2n) is 8.55. The minimum Gasteiger partial charge on any atom is -0.489 e. The lowest BCUT2D eigenvalue weighted by Crippen LogP contribution is -2.31. The number of carbonyl (C=O) groups excluding carboxylic acids is 1. The summed E-state index contributed by atoms with van der Waals surface area (Å²) < 4.78 is 7.95. The topological polar surface area (TPSA) is 69.0 Å². The molecule has 0 spiro atoms. The molecule has 1 aliphatic carbocycles. The van der Waals surface area contributed by atoms with E-state index >= 15 is 0 Å². The van der Waals surface area contributed by atoms with Gasteiger partial charge in [0.05, 0.1) is 0 Å². The van der Waals surface area contributed by atoms with E-state index in [4.69, 9.17) is 26.4 Å². The Morgan fingerprint density at radius 3 is 2.88 bits per heavy atom. The first-order chi connectivity index (χ1) is 16.6. The summed E-state index contributed by atoms with van der Waals surface area (Å²) in [5, 5.41) is 9.64. The zero-order chi connectivity index (χ0) is 23.5. The van der Waals surface area contributed by atoms with Crippen molar-refractivity contribution in [2.45, 2.75) is 56.8 Å².